The van der Waals surface area contributed by atoms with Crippen LogP contribution >= 0.6 is 0 Å². The molecule has 2 aromatic heterocycles. The van der Waals surface area contributed by atoms with Gasteiger partial charge in [0.15, 0.2) is 0 Å². The van der Waals surface area contributed by atoms with Crippen LogP contribution in [0.5, 0.6) is 5.75 Å². The summed E-state index contributed by atoms with van der Waals surface area (Å²) in [5.41, 5.74) is 3.45. The highest BCUT2D eigenvalue weighted by molar-refractivity contribution is 5.94. The molecule has 0 unspecified atom stereocenters. The van der Waals surface area contributed by atoms with Crippen molar-refractivity contribution in [3.05, 3.63) is 65.6 Å². The molecule has 3 aromatic rings. The normalized spacial score (nSPS) is 10.6. The number of amides is 1. The summed E-state index contributed by atoms with van der Waals surface area (Å²) in [6.07, 6.45) is 3.88. The zero-order valence-electron chi connectivity index (χ0n) is 12.5. The lowest BCUT2D eigenvalue weighted by Gasteiger charge is -2.04. The van der Waals surface area contributed by atoms with Crippen molar-refractivity contribution >= 4 is 11.6 Å². The van der Waals surface area contributed by atoms with Crippen LogP contribution in [0.1, 0.15) is 21.6 Å². The summed E-state index contributed by atoms with van der Waals surface area (Å²) in [5, 5.41) is 2.88. The van der Waals surface area contributed by atoms with Gasteiger partial charge in [0.25, 0.3) is 5.91 Å². The van der Waals surface area contributed by atoms with Gasteiger partial charge in [0.2, 0.25) is 0 Å². The van der Waals surface area contributed by atoms with E-state index in [1.54, 1.807) is 31.4 Å². The molecule has 2 heterocycles. The van der Waals surface area contributed by atoms with E-state index in [4.69, 9.17) is 4.74 Å². The second-order valence-corrected chi connectivity index (χ2v) is 5.07. The van der Waals surface area contributed by atoms with Gasteiger partial charge >= 0.3 is 0 Å². The number of benzene rings is 1. The molecule has 0 saturated heterocycles. The number of fused-ring (bicyclic) bond motifs is 1. The number of aryl methyl sites for hydroxylation is 1. The molecule has 112 valence electrons. The Labute approximate surface area is 128 Å². The van der Waals surface area contributed by atoms with E-state index in [0.717, 1.165) is 22.7 Å². The van der Waals surface area contributed by atoms with Crippen molar-refractivity contribution in [3.8, 4) is 5.75 Å². The van der Waals surface area contributed by atoms with E-state index in [1.165, 1.54) is 0 Å². The number of ether oxygens (including phenoxy) is 1. The summed E-state index contributed by atoms with van der Waals surface area (Å²) in [6, 6.07) is 11.0. The van der Waals surface area contributed by atoms with Gasteiger partial charge in [-0.05, 0) is 42.8 Å². The SMILES string of the molecule is COc1ccc(C(=O)NCc2cn3cccc(C)c3n2)cc1. The number of aromatic nitrogens is 2. The molecule has 3 rings (SSSR count). The van der Waals surface area contributed by atoms with E-state index in [9.17, 15) is 4.79 Å². The van der Waals surface area contributed by atoms with Crippen LogP contribution in [-0.4, -0.2) is 22.4 Å². The molecule has 0 fully saturated rings. The lowest BCUT2D eigenvalue weighted by molar-refractivity contribution is 0.0950. The van der Waals surface area contributed by atoms with Gasteiger partial charge in [0, 0.05) is 18.0 Å². The molecular formula is C17H17N3O2. The molecule has 0 radical (unpaired) electrons. The topological polar surface area (TPSA) is 55.6 Å². The maximum absolute atomic E-state index is 12.1. The maximum Gasteiger partial charge on any atom is 0.251 e. The number of nitrogens with one attached hydrogen (secondary N) is 1. The Hall–Kier alpha value is -2.82. The summed E-state index contributed by atoms with van der Waals surface area (Å²) in [4.78, 5) is 16.6. The first-order chi connectivity index (χ1) is 10.7. The average Bonchev–Trinajstić information content (AvgIpc) is 2.97. The number of methoxy groups -OCH3 is 1. The number of carbonyl (C=O) groups excluding carboxylic acids is 1. The van der Waals surface area contributed by atoms with E-state index < -0.39 is 0 Å². The van der Waals surface area contributed by atoms with E-state index in [1.807, 2.05) is 35.9 Å². The standard InChI is InChI=1S/C17H17N3O2/c1-12-4-3-9-20-11-14(19-16(12)20)10-18-17(21)13-5-7-15(22-2)8-6-13/h3-9,11H,10H2,1-2H3,(H,18,21). The predicted octanol–water partition coefficient (Wildman–Crippen LogP) is 2.58. The maximum atomic E-state index is 12.1. The van der Waals surface area contributed by atoms with Crippen LogP contribution in [0, 0.1) is 6.92 Å². The van der Waals surface area contributed by atoms with Crippen LogP contribution in [0.4, 0.5) is 0 Å². The molecule has 0 atom stereocenters. The van der Waals surface area contributed by atoms with Gasteiger partial charge in [-0.3, -0.25) is 4.79 Å². The Kier molecular flexibility index (Phi) is 3.78. The first kappa shape index (κ1) is 14.1. The summed E-state index contributed by atoms with van der Waals surface area (Å²) >= 11 is 0. The Morgan fingerprint density at radius 1 is 1.27 bits per heavy atom. The number of hydrogen-bond donors (Lipinski definition) is 1. The van der Waals surface area contributed by atoms with Crippen LogP contribution in [0.2, 0.25) is 0 Å². The zero-order chi connectivity index (χ0) is 15.5. The minimum atomic E-state index is -0.128. The first-order valence-corrected chi connectivity index (χ1v) is 7.03. The van der Waals surface area contributed by atoms with Crippen LogP contribution < -0.4 is 10.1 Å². The highest BCUT2D eigenvalue weighted by atomic mass is 16.5. The molecule has 22 heavy (non-hydrogen) atoms. The third-order valence-corrected chi connectivity index (χ3v) is 3.51. The summed E-state index contributed by atoms with van der Waals surface area (Å²) in [6.45, 7) is 2.41. The van der Waals surface area contributed by atoms with E-state index in [-0.39, 0.29) is 5.91 Å². The van der Waals surface area contributed by atoms with Crippen molar-refractivity contribution in [2.24, 2.45) is 0 Å². The highest BCUT2D eigenvalue weighted by Crippen LogP contribution is 2.12. The van der Waals surface area contributed by atoms with E-state index in [2.05, 4.69) is 10.3 Å². The summed E-state index contributed by atoms with van der Waals surface area (Å²) in [5.74, 6) is 0.601. The van der Waals surface area contributed by atoms with Crippen LogP contribution in [0.3, 0.4) is 0 Å². The number of pyridine rings is 1. The molecule has 5 nitrogen and oxygen atoms in total. The zero-order valence-corrected chi connectivity index (χ0v) is 12.5. The van der Waals surface area contributed by atoms with Gasteiger partial charge in [-0.1, -0.05) is 6.07 Å². The third-order valence-electron chi connectivity index (χ3n) is 3.51. The van der Waals surface area contributed by atoms with Gasteiger partial charge in [0.05, 0.1) is 19.3 Å². The molecule has 0 aliphatic carbocycles. The minimum Gasteiger partial charge on any atom is -0.497 e. The number of carbonyl (C=O) groups is 1. The third kappa shape index (κ3) is 2.79. The van der Waals surface area contributed by atoms with E-state index in [0.29, 0.717) is 12.1 Å². The molecular weight excluding hydrogens is 278 g/mol. The lowest BCUT2D eigenvalue weighted by Crippen LogP contribution is -2.22. The Balaban J connectivity index is 1.70. The fraction of sp³-hybridized carbons (Fsp3) is 0.176. The smallest absolute Gasteiger partial charge is 0.251 e. The molecule has 1 amide bonds. The molecule has 1 N–H and O–H groups in total. The summed E-state index contributed by atoms with van der Waals surface area (Å²) in [7, 11) is 1.60. The van der Waals surface area contributed by atoms with Gasteiger partial charge < -0.3 is 14.5 Å². The predicted molar refractivity (Wildman–Crippen MR) is 84.1 cm³/mol. The van der Waals surface area contributed by atoms with Crippen LogP contribution in [0.25, 0.3) is 5.65 Å². The highest BCUT2D eigenvalue weighted by Gasteiger charge is 2.08. The fourth-order valence-electron chi connectivity index (χ4n) is 2.30. The second kappa shape index (κ2) is 5.89. The molecule has 5 heteroatoms. The number of nitrogens with zero attached hydrogens (tertiary/aromatic N) is 2. The Bertz CT molecular complexity index is 806. The molecule has 0 spiro atoms. The number of hydrogen-bond acceptors (Lipinski definition) is 3. The molecule has 0 aliphatic rings. The second-order valence-electron chi connectivity index (χ2n) is 5.07. The molecule has 0 bridgehead atoms. The average molecular weight is 295 g/mol. The molecule has 1 aromatic carbocycles. The monoisotopic (exact) mass is 295 g/mol. The lowest BCUT2D eigenvalue weighted by atomic mass is 10.2. The van der Waals surface area contributed by atoms with Crippen molar-refractivity contribution in [2.75, 3.05) is 7.11 Å². The Morgan fingerprint density at radius 2 is 2.05 bits per heavy atom. The van der Waals surface area contributed by atoms with Crippen LogP contribution in [-0.2, 0) is 6.54 Å². The Morgan fingerprint density at radius 3 is 2.73 bits per heavy atom. The van der Waals surface area contributed by atoms with Crippen molar-refractivity contribution in [3.63, 3.8) is 0 Å². The molecule has 0 aliphatic heterocycles. The minimum absolute atomic E-state index is 0.128. The van der Waals surface area contributed by atoms with Crippen molar-refractivity contribution in [1.29, 1.82) is 0 Å². The van der Waals surface area contributed by atoms with Crippen molar-refractivity contribution in [1.82, 2.24) is 14.7 Å². The first-order valence-electron chi connectivity index (χ1n) is 7.03. The van der Waals surface area contributed by atoms with Crippen molar-refractivity contribution < 1.29 is 9.53 Å². The van der Waals surface area contributed by atoms with E-state index >= 15 is 0 Å². The van der Waals surface area contributed by atoms with Gasteiger partial charge in [-0.2, -0.15) is 0 Å². The number of rotatable bonds is 4. The van der Waals surface area contributed by atoms with Gasteiger partial charge in [-0.15, -0.1) is 0 Å². The quantitative estimate of drug-likeness (QED) is 0.805. The van der Waals surface area contributed by atoms with Crippen LogP contribution in [0.15, 0.2) is 48.8 Å². The molecule has 0 saturated carbocycles. The van der Waals surface area contributed by atoms with Crippen molar-refractivity contribution in [2.45, 2.75) is 13.5 Å². The van der Waals surface area contributed by atoms with Gasteiger partial charge in [0.1, 0.15) is 11.4 Å². The van der Waals surface area contributed by atoms with Gasteiger partial charge in [-0.25, -0.2) is 4.98 Å². The number of imidazole rings is 1. The largest absolute Gasteiger partial charge is 0.497 e. The fourth-order valence-corrected chi connectivity index (χ4v) is 2.30. The summed E-state index contributed by atoms with van der Waals surface area (Å²) < 4.78 is 7.04.